The molecule has 1 aromatic carbocycles. The highest BCUT2D eigenvalue weighted by atomic mass is 16.5. The molecule has 1 unspecified atom stereocenters. The van der Waals surface area contributed by atoms with E-state index >= 15 is 0 Å². The molecule has 4 rings (SSSR count). The zero-order chi connectivity index (χ0) is 19.3. The van der Waals surface area contributed by atoms with Crippen LogP contribution in [0.25, 0.3) is 11.3 Å². The van der Waals surface area contributed by atoms with Crippen molar-refractivity contribution in [3.8, 4) is 11.3 Å². The van der Waals surface area contributed by atoms with Gasteiger partial charge in [0.25, 0.3) is 5.91 Å². The molecule has 0 bridgehead atoms. The third kappa shape index (κ3) is 4.37. The fourth-order valence-electron chi connectivity index (χ4n) is 3.47. The monoisotopic (exact) mass is 380 g/mol. The number of carbonyl (C=O) groups is 2. The molecule has 2 aliphatic heterocycles. The van der Waals surface area contributed by atoms with Crippen molar-refractivity contribution in [2.45, 2.75) is 19.0 Å². The van der Waals surface area contributed by atoms with Crippen molar-refractivity contribution >= 4 is 11.8 Å². The fraction of sp³-hybridized carbons (Fsp3) is 0.381. The molecule has 0 spiro atoms. The van der Waals surface area contributed by atoms with E-state index in [1.54, 1.807) is 12.1 Å². The highest BCUT2D eigenvalue weighted by Crippen LogP contribution is 2.19. The molecule has 2 amide bonds. The predicted molar refractivity (Wildman–Crippen MR) is 105 cm³/mol. The summed E-state index contributed by atoms with van der Waals surface area (Å²) in [4.78, 5) is 30.8. The number of amides is 2. The first-order chi connectivity index (χ1) is 13.7. The Labute approximate surface area is 164 Å². The van der Waals surface area contributed by atoms with Crippen molar-refractivity contribution in [2.24, 2.45) is 0 Å². The van der Waals surface area contributed by atoms with Crippen LogP contribution in [0.1, 0.15) is 22.3 Å². The molecule has 3 heterocycles. The lowest BCUT2D eigenvalue weighted by atomic mass is 10.1. The molecule has 0 aliphatic carbocycles. The summed E-state index contributed by atoms with van der Waals surface area (Å²) in [6, 6.07) is 11.0. The van der Waals surface area contributed by atoms with E-state index in [0.29, 0.717) is 18.5 Å². The van der Waals surface area contributed by atoms with Crippen LogP contribution in [0.3, 0.4) is 0 Å². The Balaban J connectivity index is 1.37. The van der Waals surface area contributed by atoms with Gasteiger partial charge in [0, 0.05) is 43.5 Å². The van der Waals surface area contributed by atoms with E-state index in [9.17, 15) is 9.59 Å². The summed E-state index contributed by atoms with van der Waals surface area (Å²) in [5, 5.41) is 5.49. The van der Waals surface area contributed by atoms with Gasteiger partial charge in [-0.05, 0) is 30.2 Å². The van der Waals surface area contributed by atoms with Gasteiger partial charge in [0.1, 0.15) is 6.04 Å². The number of nitrogens with zero attached hydrogens (tertiary/aromatic N) is 2. The minimum Gasteiger partial charge on any atom is -0.379 e. The van der Waals surface area contributed by atoms with Crippen molar-refractivity contribution in [3.63, 3.8) is 0 Å². The SMILES string of the molecule is O=C(NC1CCNC1=O)c1ccc(-c2ccc(CN3CCOCC3)cn2)cc1. The van der Waals surface area contributed by atoms with Crippen LogP contribution in [0.2, 0.25) is 0 Å². The largest absolute Gasteiger partial charge is 0.379 e. The van der Waals surface area contributed by atoms with Gasteiger partial charge in [-0.25, -0.2) is 0 Å². The number of pyridine rings is 1. The van der Waals surface area contributed by atoms with Crippen molar-refractivity contribution in [1.29, 1.82) is 0 Å². The van der Waals surface area contributed by atoms with E-state index in [-0.39, 0.29) is 11.8 Å². The van der Waals surface area contributed by atoms with Crippen molar-refractivity contribution < 1.29 is 14.3 Å². The molecule has 1 aromatic heterocycles. The van der Waals surface area contributed by atoms with E-state index in [1.165, 1.54) is 5.56 Å². The number of rotatable bonds is 5. The Kier molecular flexibility index (Phi) is 5.64. The van der Waals surface area contributed by atoms with Gasteiger partial charge in [-0.1, -0.05) is 18.2 Å². The molecule has 0 saturated carbocycles. The lowest BCUT2D eigenvalue weighted by molar-refractivity contribution is -0.120. The van der Waals surface area contributed by atoms with Gasteiger partial charge in [-0.2, -0.15) is 0 Å². The van der Waals surface area contributed by atoms with Crippen LogP contribution < -0.4 is 10.6 Å². The Morgan fingerprint density at radius 3 is 2.61 bits per heavy atom. The van der Waals surface area contributed by atoms with Gasteiger partial charge in [0.15, 0.2) is 0 Å². The molecule has 2 saturated heterocycles. The van der Waals surface area contributed by atoms with E-state index in [0.717, 1.165) is 44.1 Å². The second-order valence-corrected chi connectivity index (χ2v) is 7.12. The maximum absolute atomic E-state index is 12.3. The maximum Gasteiger partial charge on any atom is 0.251 e. The summed E-state index contributed by atoms with van der Waals surface area (Å²) in [5.41, 5.74) is 3.53. The molecule has 28 heavy (non-hydrogen) atoms. The van der Waals surface area contributed by atoms with E-state index in [1.807, 2.05) is 24.4 Å². The molecule has 1 atom stereocenters. The second-order valence-electron chi connectivity index (χ2n) is 7.12. The average Bonchev–Trinajstić information content (AvgIpc) is 3.14. The topological polar surface area (TPSA) is 83.6 Å². The summed E-state index contributed by atoms with van der Waals surface area (Å²) >= 11 is 0. The van der Waals surface area contributed by atoms with Gasteiger partial charge < -0.3 is 15.4 Å². The third-order valence-electron chi connectivity index (χ3n) is 5.13. The number of benzene rings is 1. The first kappa shape index (κ1) is 18.6. The minimum absolute atomic E-state index is 0.119. The molecule has 0 radical (unpaired) electrons. The number of aromatic nitrogens is 1. The van der Waals surface area contributed by atoms with E-state index < -0.39 is 6.04 Å². The van der Waals surface area contributed by atoms with Crippen LogP contribution in [0, 0.1) is 0 Å². The van der Waals surface area contributed by atoms with Gasteiger partial charge >= 0.3 is 0 Å². The average molecular weight is 380 g/mol. The first-order valence-corrected chi connectivity index (χ1v) is 9.63. The van der Waals surface area contributed by atoms with Crippen molar-refractivity contribution in [2.75, 3.05) is 32.8 Å². The van der Waals surface area contributed by atoms with Crippen LogP contribution in [-0.2, 0) is 16.1 Å². The Morgan fingerprint density at radius 1 is 1.18 bits per heavy atom. The van der Waals surface area contributed by atoms with Crippen LogP contribution in [0.15, 0.2) is 42.6 Å². The lowest BCUT2D eigenvalue weighted by Gasteiger charge is -2.26. The van der Waals surface area contributed by atoms with E-state index in [4.69, 9.17) is 4.74 Å². The van der Waals surface area contributed by atoms with Crippen LogP contribution in [0.4, 0.5) is 0 Å². The third-order valence-corrected chi connectivity index (χ3v) is 5.13. The number of morpholine rings is 1. The van der Waals surface area contributed by atoms with Crippen molar-refractivity contribution in [1.82, 2.24) is 20.5 Å². The smallest absolute Gasteiger partial charge is 0.251 e. The number of carbonyl (C=O) groups excluding carboxylic acids is 2. The molecular weight excluding hydrogens is 356 g/mol. The molecule has 2 aromatic rings. The zero-order valence-corrected chi connectivity index (χ0v) is 15.7. The fourth-order valence-corrected chi connectivity index (χ4v) is 3.47. The summed E-state index contributed by atoms with van der Waals surface area (Å²) in [5.74, 6) is -0.353. The Morgan fingerprint density at radius 2 is 1.96 bits per heavy atom. The summed E-state index contributed by atoms with van der Waals surface area (Å²) in [6.07, 6.45) is 2.54. The molecule has 2 aliphatic rings. The summed E-state index contributed by atoms with van der Waals surface area (Å²) in [6.45, 7) is 4.97. The minimum atomic E-state index is -0.437. The summed E-state index contributed by atoms with van der Waals surface area (Å²) < 4.78 is 5.38. The Bertz CT molecular complexity index is 830. The van der Waals surface area contributed by atoms with Gasteiger partial charge in [-0.15, -0.1) is 0 Å². The number of ether oxygens (including phenoxy) is 1. The molecule has 7 heteroatoms. The number of hydrogen-bond acceptors (Lipinski definition) is 5. The van der Waals surface area contributed by atoms with Crippen LogP contribution in [0.5, 0.6) is 0 Å². The second kappa shape index (κ2) is 8.50. The highest BCUT2D eigenvalue weighted by Gasteiger charge is 2.25. The Hall–Kier alpha value is -2.77. The first-order valence-electron chi connectivity index (χ1n) is 9.63. The predicted octanol–water partition coefficient (Wildman–Crippen LogP) is 1.20. The zero-order valence-electron chi connectivity index (χ0n) is 15.7. The van der Waals surface area contributed by atoms with Gasteiger partial charge in [-0.3, -0.25) is 19.5 Å². The summed E-state index contributed by atoms with van der Waals surface area (Å²) in [7, 11) is 0. The quantitative estimate of drug-likeness (QED) is 0.814. The molecule has 2 N–H and O–H groups in total. The lowest BCUT2D eigenvalue weighted by Crippen LogP contribution is -2.40. The van der Waals surface area contributed by atoms with Crippen molar-refractivity contribution in [3.05, 3.63) is 53.7 Å². The van der Waals surface area contributed by atoms with Gasteiger partial charge in [0.05, 0.1) is 18.9 Å². The maximum atomic E-state index is 12.3. The van der Waals surface area contributed by atoms with Crippen LogP contribution >= 0.6 is 0 Å². The molecular formula is C21H24N4O3. The standard InChI is InChI=1S/C21H24N4O3/c26-20(24-19-7-8-22-21(19)27)17-4-2-16(3-5-17)18-6-1-15(13-23-18)14-25-9-11-28-12-10-25/h1-6,13,19H,7-12,14H2,(H,22,27)(H,24,26). The van der Waals surface area contributed by atoms with Gasteiger partial charge in [0.2, 0.25) is 5.91 Å². The highest BCUT2D eigenvalue weighted by molar-refractivity contribution is 5.98. The molecule has 2 fully saturated rings. The molecule has 7 nitrogen and oxygen atoms in total. The molecule has 146 valence electrons. The van der Waals surface area contributed by atoms with Crippen LogP contribution in [-0.4, -0.2) is 60.6 Å². The van der Waals surface area contributed by atoms with E-state index in [2.05, 4.69) is 26.6 Å². The normalized spacial score (nSPS) is 20.0. The number of nitrogens with one attached hydrogen (secondary N) is 2. The number of hydrogen-bond donors (Lipinski definition) is 2.